The largest absolute Gasteiger partial charge is 0.319 e. The molecule has 0 spiro atoms. The lowest BCUT2D eigenvalue weighted by Gasteiger charge is -2.10. The Labute approximate surface area is 151 Å². The molecule has 1 N–H and O–H groups in total. The fourth-order valence-corrected chi connectivity index (χ4v) is 2.99. The number of hydrogen-bond donors (Lipinski definition) is 1. The lowest BCUT2D eigenvalue weighted by Crippen LogP contribution is -2.23. The van der Waals surface area contributed by atoms with Gasteiger partial charge in [0, 0.05) is 28.3 Å². The molecule has 132 valence electrons. The molecule has 4 nitrogen and oxygen atoms in total. The first-order chi connectivity index (χ1) is 12.4. The van der Waals surface area contributed by atoms with Gasteiger partial charge in [0.25, 0.3) is 11.7 Å². The number of hydrogen-bond acceptors (Lipinski definition) is 2. The van der Waals surface area contributed by atoms with E-state index in [4.69, 9.17) is 0 Å². The highest BCUT2D eigenvalue weighted by atomic mass is 19.1. The van der Waals surface area contributed by atoms with Crippen LogP contribution in [0.15, 0.2) is 54.6 Å². The molecule has 0 aliphatic heterocycles. The van der Waals surface area contributed by atoms with Gasteiger partial charge in [-0.15, -0.1) is 0 Å². The van der Waals surface area contributed by atoms with E-state index >= 15 is 0 Å². The van der Waals surface area contributed by atoms with Crippen LogP contribution in [0.2, 0.25) is 0 Å². The smallest absolute Gasteiger partial charge is 0.296 e. The third-order valence-corrected chi connectivity index (χ3v) is 4.36. The fraction of sp³-hybridized carbons (Fsp3) is 0.143. The number of aryl methyl sites for hydroxylation is 2. The molecule has 1 aromatic heterocycles. The number of ketones is 1. The van der Waals surface area contributed by atoms with E-state index in [1.807, 2.05) is 30.5 Å². The first kappa shape index (κ1) is 17.6. The predicted octanol–water partition coefficient (Wildman–Crippen LogP) is 4.36. The van der Waals surface area contributed by atoms with Gasteiger partial charge in [-0.25, -0.2) is 4.39 Å². The van der Waals surface area contributed by atoms with Gasteiger partial charge in [-0.3, -0.25) is 9.59 Å². The molecule has 0 unspecified atom stereocenters. The number of Topliss-reactive ketones (excluding diaryl/α,β-unsaturated/α-hetero) is 1. The summed E-state index contributed by atoms with van der Waals surface area (Å²) in [6.07, 6.45) is 0. The van der Waals surface area contributed by atoms with Gasteiger partial charge in [0.1, 0.15) is 5.82 Å². The molecule has 26 heavy (non-hydrogen) atoms. The van der Waals surface area contributed by atoms with Gasteiger partial charge in [-0.05, 0) is 62.7 Å². The molecule has 0 atom stereocenters. The SMILES string of the molecule is Cc1ccccc1NC(=O)C(=O)c1cc(C)n(-c2ccc(F)cc2)c1C. The second kappa shape index (κ2) is 6.96. The molecule has 0 fully saturated rings. The van der Waals surface area contributed by atoms with Gasteiger partial charge in [-0.1, -0.05) is 18.2 Å². The zero-order chi connectivity index (χ0) is 18.8. The van der Waals surface area contributed by atoms with Gasteiger partial charge in [0.05, 0.1) is 0 Å². The van der Waals surface area contributed by atoms with Crippen LogP contribution in [-0.2, 0) is 4.79 Å². The molecule has 0 saturated heterocycles. The van der Waals surface area contributed by atoms with Crippen molar-refractivity contribution in [2.24, 2.45) is 0 Å². The minimum Gasteiger partial charge on any atom is -0.319 e. The molecule has 3 rings (SSSR count). The Hall–Kier alpha value is -3.21. The third kappa shape index (κ3) is 3.28. The number of aromatic nitrogens is 1. The molecule has 0 saturated carbocycles. The Morgan fingerprint density at radius 1 is 0.962 bits per heavy atom. The second-order valence-corrected chi connectivity index (χ2v) is 6.19. The molecular weight excluding hydrogens is 331 g/mol. The zero-order valence-electron chi connectivity index (χ0n) is 14.8. The van der Waals surface area contributed by atoms with Crippen LogP contribution in [0.5, 0.6) is 0 Å². The van der Waals surface area contributed by atoms with E-state index in [2.05, 4.69) is 5.32 Å². The minimum absolute atomic E-state index is 0.329. The van der Waals surface area contributed by atoms with E-state index < -0.39 is 11.7 Å². The number of rotatable bonds is 4. The molecule has 0 aliphatic carbocycles. The Bertz CT molecular complexity index is 988. The first-order valence-electron chi connectivity index (χ1n) is 8.24. The average Bonchev–Trinajstić information content (AvgIpc) is 2.91. The Morgan fingerprint density at radius 3 is 2.27 bits per heavy atom. The van der Waals surface area contributed by atoms with Crippen molar-refractivity contribution in [3.8, 4) is 5.69 Å². The summed E-state index contributed by atoms with van der Waals surface area (Å²) in [6, 6.07) is 15.0. The molecule has 0 aliphatic rings. The van der Waals surface area contributed by atoms with Crippen LogP contribution < -0.4 is 5.32 Å². The monoisotopic (exact) mass is 350 g/mol. The number of para-hydroxylation sites is 1. The molecule has 2 aromatic carbocycles. The topological polar surface area (TPSA) is 51.1 Å². The summed E-state index contributed by atoms with van der Waals surface area (Å²) in [7, 11) is 0. The van der Waals surface area contributed by atoms with E-state index in [1.165, 1.54) is 12.1 Å². The van der Waals surface area contributed by atoms with Crippen molar-refractivity contribution in [2.45, 2.75) is 20.8 Å². The molecule has 3 aromatic rings. The molecule has 1 heterocycles. The van der Waals surface area contributed by atoms with Crippen molar-refractivity contribution in [1.82, 2.24) is 4.57 Å². The van der Waals surface area contributed by atoms with E-state index in [-0.39, 0.29) is 5.82 Å². The second-order valence-electron chi connectivity index (χ2n) is 6.19. The number of anilines is 1. The van der Waals surface area contributed by atoms with Crippen LogP contribution in [0.25, 0.3) is 5.69 Å². The molecule has 0 radical (unpaired) electrons. The number of carbonyl (C=O) groups excluding carboxylic acids is 2. The van der Waals surface area contributed by atoms with Gasteiger partial charge < -0.3 is 9.88 Å². The predicted molar refractivity (Wildman–Crippen MR) is 99.3 cm³/mol. The highest BCUT2D eigenvalue weighted by molar-refractivity contribution is 6.46. The van der Waals surface area contributed by atoms with Crippen LogP contribution >= 0.6 is 0 Å². The van der Waals surface area contributed by atoms with E-state index in [9.17, 15) is 14.0 Å². The lowest BCUT2D eigenvalue weighted by atomic mass is 10.1. The number of nitrogens with one attached hydrogen (secondary N) is 1. The molecule has 1 amide bonds. The highest BCUT2D eigenvalue weighted by Gasteiger charge is 2.23. The minimum atomic E-state index is -0.682. The first-order valence-corrected chi connectivity index (χ1v) is 8.24. The summed E-state index contributed by atoms with van der Waals surface area (Å²) in [5.74, 6) is -1.61. The van der Waals surface area contributed by atoms with Crippen LogP contribution in [0.4, 0.5) is 10.1 Å². The van der Waals surface area contributed by atoms with Crippen LogP contribution in [0.3, 0.4) is 0 Å². The summed E-state index contributed by atoms with van der Waals surface area (Å²) < 4.78 is 15.0. The van der Waals surface area contributed by atoms with E-state index in [1.54, 1.807) is 37.3 Å². The van der Waals surface area contributed by atoms with Crippen molar-refractivity contribution in [1.29, 1.82) is 0 Å². The number of nitrogens with zero attached hydrogens (tertiary/aromatic N) is 1. The van der Waals surface area contributed by atoms with Crippen molar-refractivity contribution in [2.75, 3.05) is 5.32 Å². The lowest BCUT2D eigenvalue weighted by molar-refractivity contribution is -0.112. The van der Waals surface area contributed by atoms with Gasteiger partial charge in [-0.2, -0.15) is 0 Å². The number of halogens is 1. The Balaban J connectivity index is 1.91. The van der Waals surface area contributed by atoms with E-state index in [0.29, 0.717) is 16.9 Å². The quantitative estimate of drug-likeness (QED) is 0.561. The third-order valence-electron chi connectivity index (χ3n) is 4.36. The standard InChI is InChI=1S/C21H19FN2O2/c1-13-6-4-5-7-19(13)23-21(26)20(25)18-12-14(2)24(15(18)3)17-10-8-16(22)9-11-17/h4-12H,1-3H3,(H,23,26). The van der Waals surface area contributed by atoms with Gasteiger partial charge in [0.15, 0.2) is 0 Å². The van der Waals surface area contributed by atoms with Crippen LogP contribution in [-0.4, -0.2) is 16.3 Å². The van der Waals surface area contributed by atoms with Gasteiger partial charge >= 0.3 is 0 Å². The molecule has 5 heteroatoms. The van der Waals surface area contributed by atoms with Crippen molar-refractivity contribution < 1.29 is 14.0 Å². The number of amides is 1. The highest BCUT2D eigenvalue weighted by Crippen LogP contribution is 2.22. The van der Waals surface area contributed by atoms with Crippen LogP contribution in [0.1, 0.15) is 27.3 Å². The summed E-state index contributed by atoms with van der Waals surface area (Å²) in [6.45, 7) is 5.47. The summed E-state index contributed by atoms with van der Waals surface area (Å²) in [5.41, 5.74) is 3.99. The summed E-state index contributed by atoms with van der Waals surface area (Å²) in [5, 5.41) is 2.66. The average molecular weight is 350 g/mol. The Morgan fingerprint density at radius 2 is 1.62 bits per heavy atom. The van der Waals surface area contributed by atoms with Crippen molar-refractivity contribution in [3.05, 3.63) is 82.9 Å². The van der Waals surface area contributed by atoms with E-state index in [0.717, 1.165) is 16.9 Å². The maximum atomic E-state index is 13.2. The summed E-state index contributed by atoms with van der Waals surface area (Å²) in [4.78, 5) is 25.0. The summed E-state index contributed by atoms with van der Waals surface area (Å²) >= 11 is 0. The zero-order valence-corrected chi connectivity index (χ0v) is 14.8. The maximum Gasteiger partial charge on any atom is 0.296 e. The fourth-order valence-electron chi connectivity index (χ4n) is 2.99. The van der Waals surface area contributed by atoms with Crippen molar-refractivity contribution in [3.63, 3.8) is 0 Å². The Kier molecular flexibility index (Phi) is 4.71. The normalized spacial score (nSPS) is 10.6. The maximum absolute atomic E-state index is 13.2. The number of benzene rings is 2. The number of carbonyl (C=O) groups is 2. The van der Waals surface area contributed by atoms with Crippen LogP contribution in [0, 0.1) is 26.6 Å². The van der Waals surface area contributed by atoms with Gasteiger partial charge in [0.2, 0.25) is 0 Å². The molecule has 0 bridgehead atoms. The van der Waals surface area contributed by atoms with Crippen molar-refractivity contribution >= 4 is 17.4 Å². The molecular formula is C21H19FN2O2.